The Bertz CT molecular complexity index is 440. The Labute approximate surface area is 109 Å². The van der Waals surface area contributed by atoms with E-state index in [1.807, 2.05) is 0 Å². The van der Waals surface area contributed by atoms with Gasteiger partial charge in [-0.2, -0.15) is 8.78 Å². The van der Waals surface area contributed by atoms with Gasteiger partial charge in [-0.1, -0.05) is 12.1 Å². The Kier molecular flexibility index (Phi) is 5.50. The normalized spacial score (nSPS) is 12.1. The predicted octanol–water partition coefficient (Wildman–Crippen LogP) is 1.34. The van der Waals surface area contributed by atoms with Crippen LogP contribution in [-0.2, 0) is 16.0 Å². The number of para-hydroxylation sites is 1. The molecule has 0 aliphatic heterocycles. The standard InChI is InChI=1S/C12H15F2NO4/c1-17-9-5-3-4-7(10(9)19-12(13)14)6-8(15)11(16)18-2/h3-5,8,12H,6,15H2,1-2H3. The topological polar surface area (TPSA) is 70.8 Å². The van der Waals surface area contributed by atoms with E-state index >= 15 is 0 Å². The molecule has 1 atom stereocenters. The third-order valence-electron chi connectivity index (χ3n) is 2.43. The second-order valence-electron chi connectivity index (χ2n) is 3.66. The number of hydrogen-bond acceptors (Lipinski definition) is 5. The summed E-state index contributed by atoms with van der Waals surface area (Å²) in [7, 11) is 2.53. The van der Waals surface area contributed by atoms with Gasteiger partial charge in [-0.3, -0.25) is 4.79 Å². The molecular formula is C12H15F2NO4. The Morgan fingerprint density at radius 3 is 2.58 bits per heavy atom. The number of esters is 1. The van der Waals surface area contributed by atoms with E-state index < -0.39 is 18.6 Å². The van der Waals surface area contributed by atoms with Crippen LogP contribution in [0.3, 0.4) is 0 Å². The lowest BCUT2D eigenvalue weighted by Crippen LogP contribution is -2.33. The van der Waals surface area contributed by atoms with E-state index in [4.69, 9.17) is 10.5 Å². The lowest BCUT2D eigenvalue weighted by atomic mass is 10.0. The molecule has 5 nitrogen and oxygen atoms in total. The molecule has 0 fully saturated rings. The van der Waals surface area contributed by atoms with E-state index in [1.165, 1.54) is 26.4 Å². The highest BCUT2D eigenvalue weighted by molar-refractivity contribution is 5.76. The highest BCUT2D eigenvalue weighted by Crippen LogP contribution is 2.33. The molecule has 0 heterocycles. The van der Waals surface area contributed by atoms with Crippen LogP contribution in [0.2, 0.25) is 0 Å². The summed E-state index contributed by atoms with van der Waals surface area (Å²) in [5.41, 5.74) is 5.94. The average molecular weight is 275 g/mol. The molecule has 7 heteroatoms. The van der Waals surface area contributed by atoms with E-state index in [0.717, 1.165) is 0 Å². The maximum atomic E-state index is 12.4. The van der Waals surface area contributed by atoms with Crippen LogP contribution in [0.5, 0.6) is 11.5 Å². The SMILES string of the molecule is COC(=O)C(N)Cc1cccc(OC)c1OC(F)F. The van der Waals surface area contributed by atoms with Gasteiger partial charge in [-0.25, -0.2) is 0 Å². The summed E-state index contributed by atoms with van der Waals surface area (Å²) in [6, 6.07) is 3.64. The minimum absolute atomic E-state index is 0.00588. The zero-order valence-electron chi connectivity index (χ0n) is 10.6. The van der Waals surface area contributed by atoms with Crippen LogP contribution in [-0.4, -0.2) is 32.8 Å². The van der Waals surface area contributed by atoms with Crippen molar-refractivity contribution in [1.82, 2.24) is 0 Å². The number of nitrogens with two attached hydrogens (primary N) is 1. The van der Waals surface area contributed by atoms with E-state index in [0.29, 0.717) is 5.56 Å². The number of ether oxygens (including phenoxy) is 3. The van der Waals surface area contributed by atoms with Gasteiger partial charge in [0.15, 0.2) is 11.5 Å². The first-order valence-corrected chi connectivity index (χ1v) is 5.43. The summed E-state index contributed by atoms with van der Waals surface area (Å²) in [5, 5.41) is 0. The zero-order valence-corrected chi connectivity index (χ0v) is 10.6. The third kappa shape index (κ3) is 4.06. The molecule has 1 rings (SSSR count). The molecule has 106 valence electrons. The molecule has 0 amide bonds. The Hall–Kier alpha value is -1.89. The molecule has 0 aromatic heterocycles. The molecule has 1 unspecified atom stereocenters. The Morgan fingerprint density at radius 2 is 2.05 bits per heavy atom. The third-order valence-corrected chi connectivity index (χ3v) is 2.43. The molecule has 19 heavy (non-hydrogen) atoms. The van der Waals surface area contributed by atoms with E-state index in [-0.39, 0.29) is 17.9 Å². The largest absolute Gasteiger partial charge is 0.493 e. The highest BCUT2D eigenvalue weighted by Gasteiger charge is 2.20. The number of methoxy groups -OCH3 is 2. The van der Waals surface area contributed by atoms with Crippen LogP contribution >= 0.6 is 0 Å². The summed E-state index contributed by atoms with van der Waals surface area (Å²) >= 11 is 0. The summed E-state index contributed by atoms with van der Waals surface area (Å²) in [5.74, 6) is -0.611. The number of benzene rings is 1. The van der Waals surface area contributed by atoms with Crippen molar-refractivity contribution in [2.45, 2.75) is 19.1 Å². The maximum Gasteiger partial charge on any atom is 0.387 e. The van der Waals surface area contributed by atoms with Gasteiger partial charge in [0.2, 0.25) is 0 Å². The molecule has 0 spiro atoms. The summed E-state index contributed by atoms with van der Waals surface area (Å²) in [4.78, 5) is 11.2. The van der Waals surface area contributed by atoms with Gasteiger partial charge in [-0.05, 0) is 6.07 Å². The Balaban J connectivity index is 3.01. The predicted molar refractivity (Wildman–Crippen MR) is 63.3 cm³/mol. The lowest BCUT2D eigenvalue weighted by Gasteiger charge is -2.16. The van der Waals surface area contributed by atoms with Crippen molar-refractivity contribution in [3.63, 3.8) is 0 Å². The van der Waals surface area contributed by atoms with Gasteiger partial charge >= 0.3 is 12.6 Å². The molecule has 0 bridgehead atoms. The minimum Gasteiger partial charge on any atom is -0.493 e. The second kappa shape index (κ2) is 6.89. The zero-order chi connectivity index (χ0) is 14.4. The quantitative estimate of drug-likeness (QED) is 0.793. The molecule has 2 N–H and O–H groups in total. The van der Waals surface area contributed by atoms with Crippen molar-refractivity contribution >= 4 is 5.97 Å². The van der Waals surface area contributed by atoms with Crippen LogP contribution in [0.1, 0.15) is 5.56 Å². The van der Waals surface area contributed by atoms with Crippen LogP contribution in [0.4, 0.5) is 8.78 Å². The highest BCUT2D eigenvalue weighted by atomic mass is 19.3. The van der Waals surface area contributed by atoms with Gasteiger partial charge in [0.1, 0.15) is 6.04 Å². The van der Waals surface area contributed by atoms with E-state index in [1.54, 1.807) is 6.07 Å². The average Bonchev–Trinajstić information content (AvgIpc) is 2.39. The van der Waals surface area contributed by atoms with Crippen molar-refractivity contribution in [3.8, 4) is 11.5 Å². The minimum atomic E-state index is -3.00. The van der Waals surface area contributed by atoms with Crippen molar-refractivity contribution in [2.75, 3.05) is 14.2 Å². The maximum absolute atomic E-state index is 12.4. The van der Waals surface area contributed by atoms with Crippen LogP contribution in [0, 0.1) is 0 Å². The Morgan fingerprint density at radius 1 is 1.37 bits per heavy atom. The number of halogens is 2. The van der Waals surface area contributed by atoms with Gasteiger partial charge < -0.3 is 19.9 Å². The van der Waals surface area contributed by atoms with Crippen molar-refractivity contribution in [2.24, 2.45) is 5.73 Å². The van der Waals surface area contributed by atoms with Crippen molar-refractivity contribution in [1.29, 1.82) is 0 Å². The first kappa shape index (κ1) is 15.2. The van der Waals surface area contributed by atoms with Crippen molar-refractivity contribution < 1.29 is 27.8 Å². The molecule has 0 aliphatic carbocycles. The lowest BCUT2D eigenvalue weighted by molar-refractivity contribution is -0.142. The van der Waals surface area contributed by atoms with E-state index in [2.05, 4.69) is 9.47 Å². The van der Waals surface area contributed by atoms with Gasteiger partial charge in [-0.15, -0.1) is 0 Å². The van der Waals surface area contributed by atoms with Gasteiger partial charge in [0.05, 0.1) is 14.2 Å². The fourth-order valence-corrected chi connectivity index (χ4v) is 1.58. The summed E-state index contributed by atoms with van der Waals surface area (Å²) < 4.78 is 38.6. The van der Waals surface area contributed by atoms with Gasteiger partial charge in [0.25, 0.3) is 0 Å². The molecule has 0 saturated carbocycles. The van der Waals surface area contributed by atoms with Crippen LogP contribution in [0.15, 0.2) is 18.2 Å². The van der Waals surface area contributed by atoms with E-state index in [9.17, 15) is 13.6 Å². The summed E-state index contributed by atoms with van der Waals surface area (Å²) in [6.07, 6.45) is 0.00588. The second-order valence-corrected chi connectivity index (χ2v) is 3.66. The van der Waals surface area contributed by atoms with Crippen LogP contribution in [0.25, 0.3) is 0 Å². The molecular weight excluding hydrogens is 260 g/mol. The number of rotatable bonds is 6. The van der Waals surface area contributed by atoms with Gasteiger partial charge in [0, 0.05) is 12.0 Å². The fourth-order valence-electron chi connectivity index (χ4n) is 1.58. The first-order valence-electron chi connectivity index (χ1n) is 5.43. The molecule has 0 saturated heterocycles. The first-order chi connectivity index (χ1) is 8.99. The molecule has 0 radical (unpaired) electrons. The molecule has 0 aliphatic rings. The monoisotopic (exact) mass is 275 g/mol. The number of alkyl halides is 2. The number of hydrogen-bond donors (Lipinski definition) is 1. The fraction of sp³-hybridized carbons (Fsp3) is 0.417. The molecule has 1 aromatic rings. The smallest absolute Gasteiger partial charge is 0.387 e. The summed E-state index contributed by atoms with van der Waals surface area (Å²) in [6.45, 7) is -3.00. The van der Waals surface area contributed by atoms with Crippen LogP contribution < -0.4 is 15.2 Å². The number of carbonyl (C=O) groups is 1. The molecule has 1 aromatic carbocycles. The number of carbonyl (C=O) groups excluding carboxylic acids is 1. The van der Waals surface area contributed by atoms with Crippen molar-refractivity contribution in [3.05, 3.63) is 23.8 Å².